The lowest BCUT2D eigenvalue weighted by molar-refractivity contribution is -0.0429. The van der Waals surface area contributed by atoms with E-state index in [-0.39, 0.29) is 33.7 Å². The van der Waals surface area contributed by atoms with Crippen LogP contribution in [-0.2, 0) is 14.9 Å². The highest BCUT2D eigenvalue weighted by molar-refractivity contribution is 7.93. The Morgan fingerprint density at radius 3 is 2.48 bits per heavy atom. The van der Waals surface area contributed by atoms with Crippen LogP contribution in [0, 0.1) is 0 Å². The van der Waals surface area contributed by atoms with Crippen LogP contribution in [0.15, 0.2) is 35.5 Å². The third kappa shape index (κ3) is 5.20. The van der Waals surface area contributed by atoms with Gasteiger partial charge in [-0.15, -0.1) is 10.2 Å². The number of rotatable bonds is 6. The van der Waals surface area contributed by atoms with Gasteiger partial charge in [0.05, 0.1) is 11.4 Å². The van der Waals surface area contributed by atoms with Gasteiger partial charge in [-0.3, -0.25) is 4.72 Å². The molecule has 8 nitrogen and oxygen atoms in total. The Morgan fingerprint density at radius 1 is 1.22 bits per heavy atom. The summed E-state index contributed by atoms with van der Waals surface area (Å²) in [4.78, 5) is 4.59. The van der Waals surface area contributed by atoms with Gasteiger partial charge in [-0.25, -0.2) is 0 Å². The minimum atomic E-state index is -5.62. The molecule has 0 aliphatic rings. The Morgan fingerprint density at radius 2 is 1.93 bits per heavy atom. The molecule has 0 bridgehead atoms. The lowest BCUT2D eigenvalue weighted by atomic mass is 10.1. The van der Waals surface area contributed by atoms with E-state index in [0.717, 1.165) is 6.07 Å². The van der Waals surface area contributed by atoms with Crippen molar-refractivity contribution >= 4 is 33.0 Å². The first kappa shape index (κ1) is 20.7. The Hall–Kier alpha value is -2.60. The molecule has 146 valence electrons. The number of aromatic nitrogens is 2. The fourth-order valence-corrected chi connectivity index (χ4v) is 2.53. The van der Waals surface area contributed by atoms with Gasteiger partial charge in [0.25, 0.3) is 0 Å². The van der Waals surface area contributed by atoms with E-state index in [1.807, 2.05) is 0 Å². The summed E-state index contributed by atoms with van der Waals surface area (Å²) in [5.74, 6) is 0.206. The number of anilines is 1. The van der Waals surface area contributed by atoms with Crippen LogP contribution in [0.2, 0.25) is 5.15 Å². The van der Waals surface area contributed by atoms with Crippen LogP contribution in [0.5, 0.6) is 11.6 Å². The molecule has 0 aliphatic heterocycles. The highest BCUT2D eigenvalue weighted by atomic mass is 35.5. The summed E-state index contributed by atoms with van der Waals surface area (Å²) >= 11 is 5.62. The maximum absolute atomic E-state index is 12.6. The molecule has 1 heterocycles. The second-order valence-electron chi connectivity index (χ2n) is 4.91. The molecule has 0 amide bonds. The summed E-state index contributed by atoms with van der Waals surface area (Å²) < 4.78 is 67.6. The summed E-state index contributed by atoms with van der Waals surface area (Å²) in [5, 5.41) is 11.0. The fourth-order valence-electron chi connectivity index (χ4n) is 1.84. The topological polar surface area (TPSA) is 103 Å². The summed E-state index contributed by atoms with van der Waals surface area (Å²) in [6.45, 7) is 1.41. The van der Waals surface area contributed by atoms with E-state index in [9.17, 15) is 21.6 Å². The van der Waals surface area contributed by atoms with Gasteiger partial charge >= 0.3 is 15.5 Å². The van der Waals surface area contributed by atoms with Gasteiger partial charge < -0.3 is 9.57 Å². The van der Waals surface area contributed by atoms with Crippen LogP contribution in [0.25, 0.3) is 0 Å². The maximum atomic E-state index is 12.6. The Kier molecular flexibility index (Phi) is 6.11. The second-order valence-corrected chi connectivity index (χ2v) is 6.98. The predicted molar refractivity (Wildman–Crippen MR) is 91.4 cm³/mol. The highest BCUT2D eigenvalue weighted by Crippen LogP contribution is 2.30. The zero-order valence-electron chi connectivity index (χ0n) is 13.8. The van der Waals surface area contributed by atoms with E-state index in [2.05, 4.69) is 20.2 Å². The molecule has 0 saturated carbocycles. The van der Waals surface area contributed by atoms with E-state index < -0.39 is 15.5 Å². The number of hydrogen-bond donors (Lipinski definition) is 1. The van der Waals surface area contributed by atoms with Crippen LogP contribution in [0.4, 0.5) is 18.9 Å². The zero-order valence-corrected chi connectivity index (χ0v) is 15.4. The van der Waals surface area contributed by atoms with E-state index in [0.29, 0.717) is 0 Å². The van der Waals surface area contributed by atoms with Gasteiger partial charge in [-0.05, 0) is 31.2 Å². The molecule has 27 heavy (non-hydrogen) atoms. The van der Waals surface area contributed by atoms with Crippen molar-refractivity contribution in [3.8, 4) is 11.6 Å². The predicted octanol–water partition coefficient (Wildman–Crippen LogP) is 3.55. The molecule has 1 aromatic carbocycles. The third-order valence-corrected chi connectivity index (χ3v) is 4.29. The number of nitrogens with zero attached hydrogens (tertiary/aromatic N) is 3. The molecule has 0 aliphatic carbocycles. The van der Waals surface area contributed by atoms with E-state index in [1.165, 1.54) is 43.0 Å². The van der Waals surface area contributed by atoms with Crippen molar-refractivity contribution in [2.45, 2.75) is 12.4 Å². The van der Waals surface area contributed by atoms with Crippen molar-refractivity contribution in [2.75, 3.05) is 11.8 Å². The van der Waals surface area contributed by atoms with E-state index >= 15 is 0 Å². The Labute approximate surface area is 157 Å². The summed E-state index contributed by atoms with van der Waals surface area (Å²) in [6.07, 6.45) is 0. The van der Waals surface area contributed by atoms with E-state index in [4.69, 9.17) is 16.3 Å². The number of oxime groups is 1. The molecule has 0 unspecified atom stereocenters. The van der Waals surface area contributed by atoms with Crippen LogP contribution in [-0.4, -0.2) is 36.9 Å². The van der Waals surface area contributed by atoms with E-state index in [1.54, 1.807) is 0 Å². The van der Waals surface area contributed by atoms with Crippen molar-refractivity contribution in [3.63, 3.8) is 0 Å². The molecule has 0 atom stereocenters. The highest BCUT2D eigenvalue weighted by Gasteiger charge is 2.46. The number of sulfonamides is 1. The summed E-state index contributed by atoms with van der Waals surface area (Å²) in [6, 6.07) is 6.45. The number of ether oxygens (including phenoxy) is 1. The van der Waals surface area contributed by atoms with Gasteiger partial charge in [0.15, 0.2) is 5.15 Å². The number of alkyl halides is 3. The van der Waals surface area contributed by atoms with Gasteiger partial charge in [-0.1, -0.05) is 16.8 Å². The van der Waals surface area contributed by atoms with Gasteiger partial charge in [-0.2, -0.15) is 21.6 Å². The molecule has 1 N–H and O–H groups in total. The van der Waals surface area contributed by atoms with Crippen LogP contribution < -0.4 is 9.46 Å². The van der Waals surface area contributed by atoms with Crippen molar-refractivity contribution in [1.82, 2.24) is 10.2 Å². The Bertz CT molecular complexity index is 950. The number of halogens is 4. The number of hydrogen-bond acceptors (Lipinski definition) is 7. The smallest absolute Gasteiger partial charge is 0.437 e. The fraction of sp³-hybridized carbons (Fsp3) is 0.214. The van der Waals surface area contributed by atoms with Gasteiger partial charge in [0.2, 0.25) is 5.88 Å². The quantitative estimate of drug-likeness (QED) is 0.562. The minimum Gasteiger partial charge on any atom is -0.437 e. The number of benzene rings is 1. The molecule has 0 spiro atoms. The lowest BCUT2D eigenvalue weighted by Gasteiger charge is -2.15. The maximum Gasteiger partial charge on any atom is 0.516 e. The van der Waals surface area contributed by atoms with Crippen molar-refractivity contribution < 1.29 is 31.2 Å². The monoisotopic (exact) mass is 424 g/mol. The van der Waals surface area contributed by atoms with Gasteiger partial charge in [0, 0.05) is 11.6 Å². The average molecular weight is 425 g/mol. The SMILES string of the molecule is CON=C(C)c1cc(Oc2ccc(Cl)nn2)ccc1NS(=O)(=O)C(F)(F)F. The molecule has 0 radical (unpaired) electrons. The Balaban J connectivity index is 2.43. The van der Waals surface area contributed by atoms with Crippen molar-refractivity contribution in [2.24, 2.45) is 5.16 Å². The zero-order chi connectivity index (χ0) is 20.2. The lowest BCUT2D eigenvalue weighted by Crippen LogP contribution is -2.30. The molecule has 2 aromatic rings. The first-order chi connectivity index (χ1) is 12.5. The average Bonchev–Trinajstić information content (AvgIpc) is 2.57. The normalized spacial score (nSPS) is 12.6. The minimum absolute atomic E-state index is 0.00379. The molecule has 1 aromatic heterocycles. The van der Waals surface area contributed by atoms with Crippen LogP contribution in [0.3, 0.4) is 0 Å². The molecule has 2 rings (SSSR count). The van der Waals surface area contributed by atoms with Crippen molar-refractivity contribution in [1.29, 1.82) is 0 Å². The molecule has 0 fully saturated rings. The first-order valence-electron chi connectivity index (χ1n) is 7.02. The first-order valence-corrected chi connectivity index (χ1v) is 8.88. The molecular formula is C14H12ClF3N4O4S. The largest absolute Gasteiger partial charge is 0.516 e. The second kappa shape index (κ2) is 7.96. The summed E-state index contributed by atoms with van der Waals surface area (Å²) in [5.41, 5.74) is -5.74. The van der Waals surface area contributed by atoms with Gasteiger partial charge in [0.1, 0.15) is 12.9 Å². The standard InChI is InChI=1S/C14H12ClF3N4O4S/c1-8(21-25-2)10-7-9(26-13-6-5-12(15)19-20-13)3-4-11(10)22-27(23,24)14(16,17)18/h3-7,22H,1-2H3. The summed E-state index contributed by atoms with van der Waals surface area (Å²) in [7, 11) is -4.39. The number of nitrogens with one attached hydrogen (secondary N) is 1. The van der Waals surface area contributed by atoms with Crippen molar-refractivity contribution in [3.05, 3.63) is 41.0 Å². The molecule has 0 saturated heterocycles. The van der Waals surface area contributed by atoms with Crippen LogP contribution in [0.1, 0.15) is 12.5 Å². The molecular weight excluding hydrogens is 413 g/mol. The molecule has 13 heteroatoms. The third-order valence-electron chi connectivity index (χ3n) is 2.99. The van der Waals surface area contributed by atoms with Crippen LogP contribution >= 0.6 is 11.6 Å².